The molecule has 8 heteroatoms. The predicted octanol–water partition coefficient (Wildman–Crippen LogP) is 1.99. The Morgan fingerprint density at radius 2 is 1.79 bits per heavy atom. The molecule has 0 bridgehead atoms. The summed E-state index contributed by atoms with van der Waals surface area (Å²) in [5, 5.41) is 11.5. The van der Waals surface area contributed by atoms with E-state index in [0.29, 0.717) is 24.1 Å². The van der Waals surface area contributed by atoms with Crippen molar-refractivity contribution < 1.29 is 23.9 Å². The molecule has 4 atom stereocenters. The van der Waals surface area contributed by atoms with Gasteiger partial charge in [-0.3, -0.25) is 19.3 Å². The fourth-order valence-corrected chi connectivity index (χ4v) is 3.91. The molecule has 152 valence electrons. The van der Waals surface area contributed by atoms with E-state index in [4.69, 9.17) is 10.00 Å². The highest BCUT2D eigenvalue weighted by atomic mass is 16.5. The molecule has 3 amide bonds. The van der Waals surface area contributed by atoms with Gasteiger partial charge >= 0.3 is 5.97 Å². The van der Waals surface area contributed by atoms with Crippen molar-refractivity contribution >= 4 is 29.4 Å². The van der Waals surface area contributed by atoms with Crippen LogP contribution in [0.15, 0.2) is 24.3 Å². The van der Waals surface area contributed by atoms with Gasteiger partial charge in [0.1, 0.15) is 6.04 Å². The number of likely N-dealkylation sites (tertiary alicyclic amines) is 1. The number of nitrogens with zero attached hydrogens (tertiary/aromatic N) is 2. The zero-order valence-electron chi connectivity index (χ0n) is 16.4. The predicted molar refractivity (Wildman–Crippen MR) is 102 cm³/mol. The third kappa shape index (κ3) is 4.14. The quantitative estimate of drug-likeness (QED) is 0.600. The summed E-state index contributed by atoms with van der Waals surface area (Å²) >= 11 is 0. The molecule has 1 N–H and O–H groups in total. The second-order valence-electron chi connectivity index (χ2n) is 7.48. The van der Waals surface area contributed by atoms with E-state index in [9.17, 15) is 19.2 Å². The molecule has 2 aliphatic rings. The van der Waals surface area contributed by atoms with Crippen molar-refractivity contribution in [3.63, 3.8) is 0 Å². The summed E-state index contributed by atoms with van der Waals surface area (Å²) in [5.41, 5.74) is 0.785. The first-order chi connectivity index (χ1) is 13.8. The van der Waals surface area contributed by atoms with Gasteiger partial charge in [-0.15, -0.1) is 0 Å². The van der Waals surface area contributed by atoms with Crippen LogP contribution < -0.4 is 5.32 Å². The van der Waals surface area contributed by atoms with Crippen molar-refractivity contribution in [1.82, 2.24) is 4.90 Å². The summed E-state index contributed by atoms with van der Waals surface area (Å²) in [6.07, 6.45) is 1.99. The molecule has 1 saturated heterocycles. The zero-order chi connectivity index (χ0) is 21.1. The molecule has 1 aliphatic heterocycles. The molecular formula is C21H23N3O5. The lowest BCUT2D eigenvalue weighted by Gasteiger charge is -2.23. The van der Waals surface area contributed by atoms with Gasteiger partial charge in [0, 0.05) is 5.69 Å². The number of rotatable bonds is 5. The minimum absolute atomic E-state index is 0.324. The van der Waals surface area contributed by atoms with E-state index in [1.54, 1.807) is 18.2 Å². The first kappa shape index (κ1) is 20.5. The Morgan fingerprint density at radius 1 is 1.17 bits per heavy atom. The van der Waals surface area contributed by atoms with Crippen LogP contribution in [0, 0.1) is 23.2 Å². The number of nitriles is 1. The standard InChI is InChI=1S/C21H23N3O5/c1-12(24-19(26)16-8-3-4-9-17(16)20(24)27)21(28)29-13(2)18(25)23-15-7-5-6-14(10-15)11-22/h5-7,10,12-13,16-17H,3-4,8-9H2,1-2H3,(H,23,25)/t12-,13-,16+,17+/m0/s1. The van der Waals surface area contributed by atoms with Gasteiger partial charge < -0.3 is 10.1 Å². The van der Waals surface area contributed by atoms with Crippen molar-refractivity contribution in [2.24, 2.45) is 11.8 Å². The summed E-state index contributed by atoms with van der Waals surface area (Å²) in [4.78, 5) is 51.0. The molecule has 1 aliphatic carbocycles. The molecule has 1 aromatic rings. The lowest BCUT2D eigenvalue weighted by Crippen LogP contribution is -2.46. The van der Waals surface area contributed by atoms with Gasteiger partial charge in [-0.2, -0.15) is 5.26 Å². The molecule has 0 unspecified atom stereocenters. The number of carbonyl (C=O) groups is 4. The number of imide groups is 1. The average molecular weight is 397 g/mol. The normalized spacial score (nSPS) is 23.0. The maximum atomic E-state index is 12.6. The Balaban J connectivity index is 1.61. The highest BCUT2D eigenvalue weighted by Gasteiger charge is 2.51. The molecule has 29 heavy (non-hydrogen) atoms. The Bertz CT molecular complexity index is 867. The van der Waals surface area contributed by atoms with Crippen LogP contribution in [-0.2, 0) is 23.9 Å². The topological polar surface area (TPSA) is 117 Å². The third-order valence-corrected chi connectivity index (χ3v) is 5.52. The first-order valence-electron chi connectivity index (χ1n) is 9.72. The summed E-state index contributed by atoms with van der Waals surface area (Å²) in [6, 6.07) is 7.22. The third-order valence-electron chi connectivity index (χ3n) is 5.52. The molecular weight excluding hydrogens is 374 g/mol. The van der Waals surface area contributed by atoms with E-state index in [0.717, 1.165) is 17.7 Å². The fourth-order valence-electron chi connectivity index (χ4n) is 3.91. The minimum atomic E-state index is -1.13. The van der Waals surface area contributed by atoms with Crippen molar-refractivity contribution in [2.45, 2.75) is 51.7 Å². The Hall–Kier alpha value is -3.21. The molecule has 2 fully saturated rings. The minimum Gasteiger partial charge on any atom is -0.451 e. The SMILES string of the molecule is C[C@H](OC(=O)[C@H](C)N1C(=O)[C@@H]2CCCC[C@H]2C1=O)C(=O)Nc1cccc(C#N)c1. The smallest absolute Gasteiger partial charge is 0.329 e. The number of hydrogen-bond donors (Lipinski definition) is 1. The zero-order valence-corrected chi connectivity index (χ0v) is 16.4. The van der Waals surface area contributed by atoms with Crippen LogP contribution in [-0.4, -0.2) is 40.7 Å². The van der Waals surface area contributed by atoms with Gasteiger partial charge in [0.25, 0.3) is 5.91 Å². The number of fused-ring (bicyclic) bond motifs is 1. The van der Waals surface area contributed by atoms with Crippen LogP contribution in [0.25, 0.3) is 0 Å². The highest BCUT2D eigenvalue weighted by Crippen LogP contribution is 2.38. The van der Waals surface area contributed by atoms with Gasteiger partial charge in [0.2, 0.25) is 11.8 Å². The largest absolute Gasteiger partial charge is 0.451 e. The monoisotopic (exact) mass is 397 g/mol. The van der Waals surface area contributed by atoms with Crippen LogP contribution in [0.5, 0.6) is 0 Å². The maximum absolute atomic E-state index is 12.6. The first-order valence-corrected chi connectivity index (χ1v) is 9.72. The number of ether oxygens (including phenoxy) is 1. The van der Waals surface area contributed by atoms with Crippen molar-refractivity contribution in [3.05, 3.63) is 29.8 Å². The van der Waals surface area contributed by atoms with Gasteiger partial charge in [-0.05, 0) is 44.9 Å². The molecule has 1 saturated carbocycles. The Morgan fingerprint density at radius 3 is 2.38 bits per heavy atom. The van der Waals surface area contributed by atoms with Crippen LogP contribution in [0.3, 0.4) is 0 Å². The van der Waals surface area contributed by atoms with Gasteiger partial charge in [0.05, 0.1) is 23.5 Å². The molecule has 0 radical (unpaired) electrons. The van der Waals surface area contributed by atoms with E-state index in [2.05, 4.69) is 5.32 Å². The van der Waals surface area contributed by atoms with Gasteiger partial charge in [-0.25, -0.2) is 4.79 Å². The van der Waals surface area contributed by atoms with E-state index < -0.39 is 24.0 Å². The highest BCUT2D eigenvalue weighted by molar-refractivity contribution is 6.08. The molecule has 3 rings (SSSR count). The summed E-state index contributed by atoms with van der Waals surface area (Å²) in [7, 11) is 0. The molecule has 1 heterocycles. The molecule has 1 aromatic carbocycles. The number of anilines is 1. The lowest BCUT2D eigenvalue weighted by molar-refractivity contribution is -0.163. The summed E-state index contributed by atoms with van der Waals surface area (Å²) < 4.78 is 5.20. The number of nitrogens with one attached hydrogen (secondary N) is 1. The fraction of sp³-hybridized carbons (Fsp3) is 0.476. The Labute approximate surface area is 168 Å². The number of esters is 1. The maximum Gasteiger partial charge on any atom is 0.329 e. The van der Waals surface area contributed by atoms with E-state index in [-0.39, 0.29) is 23.7 Å². The lowest BCUT2D eigenvalue weighted by atomic mass is 9.81. The summed E-state index contributed by atoms with van der Waals surface area (Å²) in [6.45, 7) is 2.85. The molecule has 8 nitrogen and oxygen atoms in total. The average Bonchev–Trinajstić information content (AvgIpc) is 2.98. The van der Waals surface area contributed by atoms with Gasteiger partial charge in [0.15, 0.2) is 6.10 Å². The van der Waals surface area contributed by atoms with Crippen LogP contribution in [0.1, 0.15) is 45.1 Å². The van der Waals surface area contributed by atoms with Crippen molar-refractivity contribution in [2.75, 3.05) is 5.32 Å². The van der Waals surface area contributed by atoms with E-state index in [1.807, 2.05) is 6.07 Å². The van der Waals surface area contributed by atoms with Crippen molar-refractivity contribution in [1.29, 1.82) is 5.26 Å². The second kappa shape index (κ2) is 8.43. The van der Waals surface area contributed by atoms with Crippen molar-refractivity contribution in [3.8, 4) is 6.07 Å². The molecule has 0 spiro atoms. The van der Waals surface area contributed by atoms with Gasteiger partial charge in [-0.1, -0.05) is 18.9 Å². The number of hydrogen-bond acceptors (Lipinski definition) is 6. The number of amides is 3. The van der Waals surface area contributed by atoms with E-state index >= 15 is 0 Å². The molecule has 0 aromatic heterocycles. The summed E-state index contributed by atoms with van der Waals surface area (Å²) in [5.74, 6) is -2.73. The van der Waals surface area contributed by atoms with Crippen LogP contribution in [0.2, 0.25) is 0 Å². The van der Waals surface area contributed by atoms with Crippen LogP contribution >= 0.6 is 0 Å². The second-order valence-corrected chi connectivity index (χ2v) is 7.48. The van der Waals surface area contributed by atoms with Crippen LogP contribution in [0.4, 0.5) is 5.69 Å². The Kier molecular flexibility index (Phi) is 5.97. The number of benzene rings is 1. The van der Waals surface area contributed by atoms with E-state index in [1.165, 1.54) is 19.9 Å². The number of carbonyl (C=O) groups excluding carboxylic acids is 4.